The predicted molar refractivity (Wildman–Crippen MR) is 84.4 cm³/mol. The smallest absolute Gasteiger partial charge is 0.326 e. The van der Waals surface area contributed by atoms with Crippen LogP contribution in [0.3, 0.4) is 0 Å². The van der Waals surface area contributed by atoms with E-state index in [9.17, 15) is 4.79 Å². The van der Waals surface area contributed by atoms with Crippen molar-refractivity contribution in [3.8, 4) is 0 Å². The van der Waals surface area contributed by atoms with E-state index in [1.165, 1.54) is 0 Å². The van der Waals surface area contributed by atoms with Crippen LogP contribution in [0, 0.1) is 0 Å². The minimum atomic E-state index is -0.624. The Labute approximate surface area is 129 Å². The minimum Gasteiger partial charge on any atom is -0.465 e. The highest BCUT2D eigenvalue weighted by Crippen LogP contribution is 2.18. The summed E-state index contributed by atoms with van der Waals surface area (Å²) < 4.78 is 10.8. The van der Waals surface area contributed by atoms with E-state index in [2.05, 4.69) is 31.0 Å². The molecule has 0 spiro atoms. The molecule has 0 radical (unpaired) electrons. The Balaban J connectivity index is 2.65. The van der Waals surface area contributed by atoms with Crippen LogP contribution in [-0.4, -0.2) is 61.4 Å². The first-order chi connectivity index (χ1) is 9.92. The van der Waals surface area contributed by atoms with Crippen LogP contribution in [0.5, 0.6) is 0 Å². The van der Waals surface area contributed by atoms with Crippen molar-refractivity contribution in [2.45, 2.75) is 65.1 Å². The number of rotatable bonds is 8. The molecule has 0 amide bonds. The average Bonchev–Trinajstić information content (AvgIpc) is 2.45. The zero-order valence-electron chi connectivity index (χ0n) is 14.3. The lowest BCUT2D eigenvalue weighted by Crippen LogP contribution is -2.56. The van der Waals surface area contributed by atoms with Crippen molar-refractivity contribution in [2.24, 2.45) is 0 Å². The molecule has 2 unspecified atom stereocenters. The van der Waals surface area contributed by atoms with Crippen molar-refractivity contribution in [2.75, 3.05) is 32.9 Å². The Bertz CT molecular complexity index is 323. The third-order valence-corrected chi connectivity index (χ3v) is 4.05. The summed E-state index contributed by atoms with van der Waals surface area (Å²) in [5.74, 6) is -0.153. The van der Waals surface area contributed by atoms with Gasteiger partial charge in [-0.05, 0) is 40.5 Å². The van der Waals surface area contributed by atoms with E-state index in [1.807, 2.05) is 13.8 Å². The maximum atomic E-state index is 12.3. The van der Waals surface area contributed by atoms with Crippen LogP contribution in [0.2, 0.25) is 0 Å². The van der Waals surface area contributed by atoms with Gasteiger partial charge in [0.05, 0.1) is 19.8 Å². The van der Waals surface area contributed by atoms with Gasteiger partial charge in [0.2, 0.25) is 0 Å². The molecule has 0 saturated carbocycles. The maximum absolute atomic E-state index is 12.3. The summed E-state index contributed by atoms with van der Waals surface area (Å²) >= 11 is 0. The molecule has 0 aromatic carbocycles. The van der Waals surface area contributed by atoms with Gasteiger partial charge >= 0.3 is 5.97 Å². The fourth-order valence-corrected chi connectivity index (χ4v) is 2.89. The van der Waals surface area contributed by atoms with E-state index in [1.54, 1.807) is 0 Å². The van der Waals surface area contributed by atoms with Crippen molar-refractivity contribution >= 4 is 5.97 Å². The second-order valence-electron chi connectivity index (χ2n) is 6.27. The Kier molecular flexibility index (Phi) is 7.63. The minimum absolute atomic E-state index is 0.153. The van der Waals surface area contributed by atoms with Crippen LogP contribution in [-0.2, 0) is 14.3 Å². The molecule has 2 atom stereocenters. The maximum Gasteiger partial charge on any atom is 0.326 e. The molecule has 1 rings (SSSR count). The number of nitrogens with one attached hydrogen (secondary N) is 1. The molecule has 0 aromatic rings. The van der Waals surface area contributed by atoms with Crippen LogP contribution in [0.15, 0.2) is 0 Å². The monoisotopic (exact) mass is 300 g/mol. The fraction of sp³-hybridized carbons (Fsp3) is 0.938. The summed E-state index contributed by atoms with van der Waals surface area (Å²) in [7, 11) is 0. The molecular formula is C16H32N2O3. The Morgan fingerprint density at radius 1 is 1.48 bits per heavy atom. The van der Waals surface area contributed by atoms with Gasteiger partial charge < -0.3 is 9.47 Å². The van der Waals surface area contributed by atoms with Gasteiger partial charge in [0, 0.05) is 25.2 Å². The first-order valence-corrected chi connectivity index (χ1v) is 8.19. The number of ether oxygens (including phenoxy) is 2. The van der Waals surface area contributed by atoms with Crippen LogP contribution >= 0.6 is 0 Å². The summed E-state index contributed by atoms with van der Waals surface area (Å²) in [5.41, 5.74) is -0.624. The average molecular weight is 300 g/mol. The zero-order valence-corrected chi connectivity index (χ0v) is 14.3. The molecule has 1 saturated heterocycles. The second-order valence-corrected chi connectivity index (χ2v) is 6.27. The fourth-order valence-electron chi connectivity index (χ4n) is 2.89. The number of carbonyl (C=O) groups is 1. The van der Waals surface area contributed by atoms with E-state index >= 15 is 0 Å². The van der Waals surface area contributed by atoms with Crippen LogP contribution < -0.4 is 5.32 Å². The highest BCUT2D eigenvalue weighted by Gasteiger charge is 2.36. The van der Waals surface area contributed by atoms with Gasteiger partial charge in [-0.25, -0.2) is 0 Å². The number of morpholine rings is 1. The molecule has 1 heterocycles. The quantitative estimate of drug-likeness (QED) is 0.693. The molecule has 1 aliphatic heterocycles. The number of hydrogen-bond donors (Lipinski definition) is 1. The lowest BCUT2D eigenvalue weighted by Gasteiger charge is -2.38. The molecule has 1 aliphatic rings. The summed E-state index contributed by atoms with van der Waals surface area (Å²) in [5, 5.41) is 3.38. The molecule has 5 nitrogen and oxygen atoms in total. The number of nitrogens with zero attached hydrogens (tertiary/aromatic N) is 1. The molecule has 21 heavy (non-hydrogen) atoms. The summed E-state index contributed by atoms with van der Waals surface area (Å²) in [6.45, 7) is 13.9. The van der Waals surface area contributed by atoms with Gasteiger partial charge in [-0.1, -0.05) is 6.92 Å². The highest BCUT2D eigenvalue weighted by atomic mass is 16.5. The van der Waals surface area contributed by atoms with Crippen molar-refractivity contribution in [1.29, 1.82) is 0 Å². The van der Waals surface area contributed by atoms with Crippen LogP contribution in [0.25, 0.3) is 0 Å². The van der Waals surface area contributed by atoms with Gasteiger partial charge in [-0.15, -0.1) is 0 Å². The van der Waals surface area contributed by atoms with Gasteiger partial charge in [0.15, 0.2) is 0 Å². The van der Waals surface area contributed by atoms with Crippen molar-refractivity contribution in [3.05, 3.63) is 0 Å². The largest absolute Gasteiger partial charge is 0.465 e. The molecule has 0 aromatic heterocycles. The van der Waals surface area contributed by atoms with Crippen LogP contribution in [0.1, 0.15) is 47.5 Å². The Morgan fingerprint density at radius 2 is 2.19 bits per heavy atom. The SMILES string of the molecule is CCOC(=O)C(C)(CCN1CCOCC1CC)NC(C)C. The summed E-state index contributed by atoms with van der Waals surface area (Å²) in [6, 6.07) is 0.704. The van der Waals surface area contributed by atoms with Crippen LogP contribution in [0.4, 0.5) is 0 Å². The third kappa shape index (κ3) is 5.57. The molecular weight excluding hydrogens is 268 g/mol. The molecule has 5 heteroatoms. The predicted octanol–water partition coefficient (Wildman–Crippen LogP) is 1.81. The van der Waals surface area contributed by atoms with Gasteiger partial charge in [-0.2, -0.15) is 0 Å². The molecule has 0 bridgehead atoms. The van der Waals surface area contributed by atoms with Gasteiger partial charge in [0.25, 0.3) is 0 Å². The van der Waals surface area contributed by atoms with Crippen molar-refractivity contribution in [3.63, 3.8) is 0 Å². The lowest BCUT2D eigenvalue weighted by atomic mass is 9.95. The van der Waals surface area contributed by atoms with E-state index in [0.717, 1.165) is 39.1 Å². The topological polar surface area (TPSA) is 50.8 Å². The normalized spacial score (nSPS) is 23.0. The Hall–Kier alpha value is -0.650. The number of hydrogen-bond acceptors (Lipinski definition) is 5. The number of carbonyl (C=O) groups excluding carboxylic acids is 1. The molecule has 0 aliphatic carbocycles. The first-order valence-electron chi connectivity index (χ1n) is 8.19. The van der Waals surface area contributed by atoms with E-state index in [4.69, 9.17) is 9.47 Å². The number of esters is 1. The van der Waals surface area contributed by atoms with Crippen molar-refractivity contribution < 1.29 is 14.3 Å². The third-order valence-electron chi connectivity index (χ3n) is 4.05. The molecule has 1 N–H and O–H groups in total. The molecule has 1 fully saturated rings. The standard InChI is InChI=1S/C16H32N2O3/c1-6-14-12-20-11-10-18(14)9-8-16(5,17-13(3)4)15(19)21-7-2/h13-14,17H,6-12H2,1-5H3. The summed E-state index contributed by atoms with van der Waals surface area (Å²) in [6.07, 6.45) is 1.83. The lowest BCUT2D eigenvalue weighted by molar-refractivity contribution is -0.151. The van der Waals surface area contributed by atoms with E-state index in [-0.39, 0.29) is 12.0 Å². The molecule has 124 valence electrons. The first kappa shape index (κ1) is 18.4. The second kappa shape index (κ2) is 8.71. The van der Waals surface area contributed by atoms with E-state index < -0.39 is 5.54 Å². The van der Waals surface area contributed by atoms with Gasteiger partial charge in [0.1, 0.15) is 5.54 Å². The Morgan fingerprint density at radius 3 is 2.76 bits per heavy atom. The van der Waals surface area contributed by atoms with Crippen molar-refractivity contribution in [1.82, 2.24) is 10.2 Å². The van der Waals surface area contributed by atoms with Gasteiger partial charge in [-0.3, -0.25) is 15.0 Å². The zero-order chi connectivity index (χ0) is 15.9. The highest BCUT2D eigenvalue weighted by molar-refractivity contribution is 5.80. The summed E-state index contributed by atoms with van der Waals surface area (Å²) in [4.78, 5) is 14.7. The van der Waals surface area contributed by atoms with E-state index in [0.29, 0.717) is 12.6 Å².